The molecule has 3 atom stereocenters. The predicted octanol–water partition coefficient (Wildman–Crippen LogP) is 0.115. The van der Waals surface area contributed by atoms with E-state index in [1.807, 2.05) is 0 Å². The molecule has 1 heterocycles. The van der Waals surface area contributed by atoms with E-state index in [2.05, 4.69) is 12.2 Å². The molecule has 0 spiro atoms. The fraction of sp³-hybridized carbons (Fsp3) is 0.867. The van der Waals surface area contributed by atoms with Crippen LogP contribution in [0, 0.1) is 11.8 Å². The van der Waals surface area contributed by atoms with Gasteiger partial charge in [0.2, 0.25) is 11.8 Å². The third-order valence-electron chi connectivity index (χ3n) is 4.63. The number of morpholine rings is 1. The molecule has 3 unspecified atom stereocenters. The molecule has 2 fully saturated rings. The van der Waals surface area contributed by atoms with Gasteiger partial charge < -0.3 is 20.7 Å². The third-order valence-corrected chi connectivity index (χ3v) is 4.63. The summed E-state index contributed by atoms with van der Waals surface area (Å²) in [5.41, 5.74) is 6.03. The molecule has 0 radical (unpaired) electrons. The van der Waals surface area contributed by atoms with Crippen molar-refractivity contribution in [2.24, 2.45) is 17.6 Å². The lowest BCUT2D eigenvalue weighted by Crippen LogP contribution is -2.44. The van der Waals surface area contributed by atoms with E-state index < -0.39 is 0 Å². The van der Waals surface area contributed by atoms with Gasteiger partial charge >= 0.3 is 0 Å². The number of nitrogens with two attached hydrogens (primary N) is 1. The number of ether oxygens (including phenoxy) is 1. The minimum absolute atomic E-state index is 0.00897. The number of carbonyl (C=O) groups is 2. The first kappa shape index (κ1) is 16.2. The molecule has 6 heteroatoms. The van der Waals surface area contributed by atoms with Gasteiger partial charge in [-0.1, -0.05) is 6.92 Å². The fourth-order valence-electron chi connectivity index (χ4n) is 3.00. The second-order valence-corrected chi connectivity index (χ2v) is 6.19. The van der Waals surface area contributed by atoms with E-state index in [0.717, 1.165) is 19.3 Å². The van der Waals surface area contributed by atoms with Crippen LogP contribution in [0.3, 0.4) is 0 Å². The lowest BCUT2D eigenvalue weighted by Gasteiger charge is -2.31. The van der Waals surface area contributed by atoms with Crippen LogP contribution in [-0.4, -0.2) is 55.6 Å². The molecule has 120 valence electrons. The monoisotopic (exact) mass is 297 g/mol. The van der Waals surface area contributed by atoms with Crippen molar-refractivity contribution < 1.29 is 14.3 Å². The van der Waals surface area contributed by atoms with Crippen LogP contribution in [0.4, 0.5) is 0 Å². The van der Waals surface area contributed by atoms with Crippen molar-refractivity contribution in [3.05, 3.63) is 0 Å². The van der Waals surface area contributed by atoms with Gasteiger partial charge in [0, 0.05) is 38.0 Å². The highest BCUT2D eigenvalue weighted by Crippen LogP contribution is 2.27. The molecule has 0 aromatic carbocycles. The van der Waals surface area contributed by atoms with E-state index in [4.69, 9.17) is 10.5 Å². The van der Waals surface area contributed by atoms with Gasteiger partial charge in [-0.05, 0) is 25.2 Å². The summed E-state index contributed by atoms with van der Waals surface area (Å²) in [4.78, 5) is 25.8. The Kier molecular flexibility index (Phi) is 5.99. The topological polar surface area (TPSA) is 84.7 Å². The summed E-state index contributed by atoms with van der Waals surface area (Å²) in [5, 5.41) is 2.88. The van der Waals surface area contributed by atoms with Crippen molar-refractivity contribution in [2.45, 2.75) is 38.6 Å². The highest BCUT2D eigenvalue weighted by Gasteiger charge is 2.29. The number of carbonyl (C=O) groups excluding carboxylic acids is 2. The van der Waals surface area contributed by atoms with Crippen molar-refractivity contribution in [3.8, 4) is 0 Å². The molecule has 0 bridgehead atoms. The lowest BCUT2D eigenvalue weighted by molar-refractivity contribution is -0.135. The number of nitrogens with zero attached hydrogens (tertiary/aromatic N) is 1. The molecule has 21 heavy (non-hydrogen) atoms. The molecular weight excluding hydrogens is 270 g/mol. The first-order valence-electron chi connectivity index (χ1n) is 7.96. The Morgan fingerprint density at radius 3 is 2.67 bits per heavy atom. The van der Waals surface area contributed by atoms with E-state index in [1.165, 1.54) is 0 Å². The summed E-state index contributed by atoms with van der Waals surface area (Å²) >= 11 is 0. The van der Waals surface area contributed by atoms with Crippen molar-refractivity contribution >= 4 is 11.8 Å². The molecular formula is C15H27N3O3. The van der Waals surface area contributed by atoms with Crippen LogP contribution >= 0.6 is 0 Å². The van der Waals surface area contributed by atoms with Crippen LogP contribution in [0.5, 0.6) is 0 Å². The van der Waals surface area contributed by atoms with Gasteiger partial charge in [-0.15, -0.1) is 0 Å². The van der Waals surface area contributed by atoms with Crippen LogP contribution < -0.4 is 11.1 Å². The van der Waals surface area contributed by atoms with Crippen LogP contribution in [-0.2, 0) is 14.3 Å². The average Bonchev–Trinajstić information content (AvgIpc) is 2.50. The van der Waals surface area contributed by atoms with E-state index in [1.54, 1.807) is 4.90 Å². The van der Waals surface area contributed by atoms with Crippen molar-refractivity contribution in [2.75, 3.05) is 32.8 Å². The Balaban J connectivity index is 1.66. The van der Waals surface area contributed by atoms with Gasteiger partial charge in [-0.2, -0.15) is 0 Å². The van der Waals surface area contributed by atoms with E-state index in [0.29, 0.717) is 45.2 Å². The predicted molar refractivity (Wildman–Crippen MR) is 79.5 cm³/mol. The standard InChI is InChI=1S/C15H27N3O3/c1-11-2-3-12(10-13(11)16)15(20)17-5-4-14(19)18-6-8-21-9-7-18/h11-13H,2-10,16H2,1H3,(H,17,20). The largest absolute Gasteiger partial charge is 0.378 e. The Bertz CT molecular complexity index is 369. The highest BCUT2D eigenvalue weighted by atomic mass is 16.5. The molecule has 2 amide bonds. The minimum atomic E-state index is 0.00897. The second kappa shape index (κ2) is 7.75. The highest BCUT2D eigenvalue weighted by molar-refractivity contribution is 5.80. The van der Waals surface area contributed by atoms with Gasteiger partial charge in [0.25, 0.3) is 0 Å². The second-order valence-electron chi connectivity index (χ2n) is 6.19. The summed E-state index contributed by atoms with van der Waals surface area (Å²) in [6.45, 7) is 5.08. The molecule has 1 aliphatic carbocycles. The summed E-state index contributed by atoms with van der Waals surface area (Å²) in [6.07, 6.45) is 3.02. The molecule has 0 aromatic heterocycles. The zero-order valence-corrected chi connectivity index (χ0v) is 12.8. The maximum Gasteiger partial charge on any atom is 0.224 e. The van der Waals surface area contributed by atoms with E-state index in [-0.39, 0.29) is 23.8 Å². The molecule has 6 nitrogen and oxygen atoms in total. The lowest BCUT2D eigenvalue weighted by atomic mass is 9.79. The van der Waals surface area contributed by atoms with E-state index >= 15 is 0 Å². The van der Waals surface area contributed by atoms with Crippen LogP contribution in [0.15, 0.2) is 0 Å². The summed E-state index contributed by atoms with van der Waals surface area (Å²) in [5.74, 6) is 0.645. The molecule has 1 saturated carbocycles. The number of hydrogen-bond acceptors (Lipinski definition) is 4. The zero-order chi connectivity index (χ0) is 15.2. The number of nitrogens with one attached hydrogen (secondary N) is 1. The maximum atomic E-state index is 12.1. The number of rotatable bonds is 4. The summed E-state index contributed by atoms with van der Waals surface area (Å²) < 4.78 is 5.22. The summed E-state index contributed by atoms with van der Waals surface area (Å²) in [7, 11) is 0. The number of hydrogen-bond donors (Lipinski definition) is 2. The van der Waals surface area contributed by atoms with Crippen molar-refractivity contribution in [3.63, 3.8) is 0 Å². The minimum Gasteiger partial charge on any atom is -0.378 e. The van der Waals surface area contributed by atoms with Crippen molar-refractivity contribution in [1.82, 2.24) is 10.2 Å². The first-order valence-corrected chi connectivity index (χ1v) is 7.96. The van der Waals surface area contributed by atoms with Crippen molar-refractivity contribution in [1.29, 1.82) is 0 Å². The van der Waals surface area contributed by atoms with E-state index in [9.17, 15) is 9.59 Å². The number of amides is 2. The Hall–Kier alpha value is -1.14. The molecule has 2 rings (SSSR count). The normalized spacial score (nSPS) is 30.0. The maximum absolute atomic E-state index is 12.1. The molecule has 3 N–H and O–H groups in total. The Morgan fingerprint density at radius 2 is 2.00 bits per heavy atom. The quantitative estimate of drug-likeness (QED) is 0.771. The van der Waals surface area contributed by atoms with Crippen LogP contribution in [0.1, 0.15) is 32.6 Å². The zero-order valence-electron chi connectivity index (χ0n) is 12.8. The average molecular weight is 297 g/mol. The fourth-order valence-corrected chi connectivity index (χ4v) is 3.00. The molecule has 2 aliphatic rings. The SMILES string of the molecule is CC1CCC(C(=O)NCCC(=O)N2CCOCC2)CC1N. The summed E-state index contributed by atoms with van der Waals surface area (Å²) in [6, 6.07) is 0.115. The van der Waals surface area contributed by atoms with Gasteiger partial charge in [-0.25, -0.2) is 0 Å². The first-order chi connectivity index (χ1) is 10.1. The molecule has 1 saturated heterocycles. The molecule has 0 aromatic rings. The van der Waals surface area contributed by atoms with Gasteiger partial charge in [0.05, 0.1) is 13.2 Å². The van der Waals surface area contributed by atoms with Gasteiger partial charge in [0.1, 0.15) is 0 Å². The Morgan fingerprint density at radius 1 is 1.29 bits per heavy atom. The van der Waals surface area contributed by atoms with Gasteiger partial charge in [0.15, 0.2) is 0 Å². The molecule has 1 aliphatic heterocycles. The Labute approximate surface area is 126 Å². The van der Waals surface area contributed by atoms with Gasteiger partial charge in [-0.3, -0.25) is 9.59 Å². The smallest absolute Gasteiger partial charge is 0.224 e. The van der Waals surface area contributed by atoms with Crippen LogP contribution in [0.25, 0.3) is 0 Å². The van der Waals surface area contributed by atoms with Crippen LogP contribution in [0.2, 0.25) is 0 Å². The third kappa shape index (κ3) is 4.68.